The molecule has 152 valence electrons. The number of carbonyl (C=O) groups is 1. The molecule has 4 aromatic rings. The van der Waals surface area contributed by atoms with Crippen molar-refractivity contribution in [2.45, 2.75) is 12.4 Å². The van der Waals surface area contributed by atoms with Crippen LogP contribution in [0.1, 0.15) is 21.5 Å². The molecule has 7 heteroatoms. The summed E-state index contributed by atoms with van der Waals surface area (Å²) in [6.45, 7) is -0.120. The summed E-state index contributed by atoms with van der Waals surface area (Å²) in [7, 11) is -3.22. The van der Waals surface area contributed by atoms with Gasteiger partial charge in [-0.25, -0.2) is 18.0 Å². The fourth-order valence-corrected chi connectivity index (χ4v) is 4.24. The average molecular weight is 422 g/mol. The van der Waals surface area contributed by atoms with Crippen molar-refractivity contribution in [1.82, 2.24) is 0 Å². The van der Waals surface area contributed by atoms with Gasteiger partial charge in [0, 0.05) is 23.3 Å². The molecule has 0 spiro atoms. The molecule has 0 bridgehead atoms. The van der Waals surface area contributed by atoms with Crippen molar-refractivity contribution in [2.75, 3.05) is 6.26 Å². The van der Waals surface area contributed by atoms with Gasteiger partial charge in [0.1, 0.15) is 12.2 Å². The van der Waals surface area contributed by atoms with E-state index in [9.17, 15) is 18.0 Å². The molecule has 30 heavy (non-hydrogen) atoms. The van der Waals surface area contributed by atoms with Gasteiger partial charge in [0.15, 0.2) is 9.84 Å². The highest BCUT2D eigenvalue weighted by Gasteiger charge is 2.14. The van der Waals surface area contributed by atoms with Crippen molar-refractivity contribution in [3.8, 4) is 0 Å². The van der Waals surface area contributed by atoms with Gasteiger partial charge in [-0.2, -0.15) is 0 Å². The summed E-state index contributed by atoms with van der Waals surface area (Å²) in [4.78, 5) is 24.5. The molecular formula is C23H18O6S. The molecule has 0 unspecified atom stereocenters. The summed E-state index contributed by atoms with van der Waals surface area (Å²) in [5.41, 5.74) is 1.18. The lowest BCUT2D eigenvalue weighted by molar-refractivity contribution is 0.0473. The molecule has 6 nitrogen and oxygen atoms in total. The summed E-state index contributed by atoms with van der Waals surface area (Å²) in [6.07, 6.45) is 1.13. The summed E-state index contributed by atoms with van der Waals surface area (Å²) in [5, 5.41) is 2.58. The van der Waals surface area contributed by atoms with E-state index in [1.807, 2.05) is 30.3 Å². The summed E-state index contributed by atoms with van der Waals surface area (Å²) >= 11 is 0. The Labute approximate surface area is 172 Å². The van der Waals surface area contributed by atoms with Gasteiger partial charge in [-0.3, -0.25) is 0 Å². The molecule has 1 aromatic heterocycles. The van der Waals surface area contributed by atoms with Crippen molar-refractivity contribution in [3.63, 3.8) is 0 Å². The number of ether oxygens (including phenoxy) is 1. The maximum Gasteiger partial charge on any atom is 0.338 e. The Bertz CT molecular complexity index is 1430. The molecule has 0 radical (unpaired) electrons. The van der Waals surface area contributed by atoms with Gasteiger partial charge in [-0.05, 0) is 34.5 Å². The van der Waals surface area contributed by atoms with E-state index in [0.717, 1.165) is 17.0 Å². The molecule has 0 N–H and O–H groups in total. The maximum atomic E-state index is 12.5. The lowest BCUT2D eigenvalue weighted by Crippen LogP contribution is -2.09. The minimum Gasteiger partial charge on any atom is -0.457 e. The molecule has 0 aliphatic rings. The normalized spacial score (nSPS) is 11.6. The first-order valence-corrected chi connectivity index (χ1v) is 11.2. The fraction of sp³-hybridized carbons (Fsp3) is 0.130. The largest absolute Gasteiger partial charge is 0.457 e. The second-order valence-electron chi connectivity index (χ2n) is 7.10. The van der Waals surface area contributed by atoms with E-state index in [2.05, 4.69) is 0 Å². The smallest absolute Gasteiger partial charge is 0.338 e. The number of carbonyl (C=O) groups excluding carboxylic acids is 1. The minimum atomic E-state index is -3.22. The van der Waals surface area contributed by atoms with E-state index in [1.165, 1.54) is 12.1 Å². The molecular weight excluding hydrogens is 404 g/mol. The quantitative estimate of drug-likeness (QED) is 0.276. The van der Waals surface area contributed by atoms with Crippen molar-refractivity contribution in [3.05, 3.63) is 93.8 Å². The van der Waals surface area contributed by atoms with Crippen molar-refractivity contribution < 1.29 is 22.4 Å². The third-order valence-electron chi connectivity index (χ3n) is 4.66. The van der Waals surface area contributed by atoms with E-state index in [1.54, 1.807) is 24.3 Å². The van der Waals surface area contributed by atoms with Crippen LogP contribution in [0.15, 0.2) is 75.9 Å². The minimum absolute atomic E-state index is 0.120. The van der Waals surface area contributed by atoms with Crippen LogP contribution >= 0.6 is 0 Å². The predicted octanol–water partition coefficient (Wildman–Crippen LogP) is 3.85. The van der Waals surface area contributed by atoms with Crippen molar-refractivity contribution in [2.24, 2.45) is 0 Å². The second-order valence-corrected chi connectivity index (χ2v) is 9.24. The Morgan fingerprint density at radius 3 is 2.60 bits per heavy atom. The molecule has 4 rings (SSSR count). The SMILES string of the molecule is CS(=O)(=O)Cc1cccc(C(=O)OCc2cc(=O)oc3ccc4ccccc4c23)c1. The van der Waals surface area contributed by atoms with E-state index < -0.39 is 21.4 Å². The monoisotopic (exact) mass is 422 g/mol. The van der Waals surface area contributed by atoms with Crippen LogP contribution in [0.25, 0.3) is 21.7 Å². The van der Waals surface area contributed by atoms with Gasteiger partial charge >= 0.3 is 11.6 Å². The Balaban J connectivity index is 1.66. The Morgan fingerprint density at radius 2 is 1.80 bits per heavy atom. The number of sulfone groups is 1. The molecule has 0 atom stereocenters. The Hall–Kier alpha value is -3.45. The van der Waals surface area contributed by atoms with E-state index in [-0.39, 0.29) is 17.9 Å². The van der Waals surface area contributed by atoms with Crippen LogP contribution in [0.5, 0.6) is 0 Å². The number of rotatable bonds is 5. The van der Waals surface area contributed by atoms with Crippen LogP contribution in [-0.4, -0.2) is 20.6 Å². The zero-order chi connectivity index (χ0) is 21.3. The highest BCUT2D eigenvalue weighted by atomic mass is 32.2. The van der Waals surface area contributed by atoms with Crippen LogP contribution in [0.2, 0.25) is 0 Å². The van der Waals surface area contributed by atoms with Crippen LogP contribution in [0, 0.1) is 0 Å². The van der Waals surface area contributed by atoms with Gasteiger partial charge in [0.05, 0.1) is 11.3 Å². The molecule has 0 fully saturated rings. The average Bonchev–Trinajstić information content (AvgIpc) is 2.70. The van der Waals surface area contributed by atoms with Gasteiger partial charge in [0.2, 0.25) is 0 Å². The van der Waals surface area contributed by atoms with Crippen LogP contribution in [-0.2, 0) is 26.9 Å². The van der Waals surface area contributed by atoms with Crippen LogP contribution < -0.4 is 5.63 Å². The first kappa shape index (κ1) is 19.8. The van der Waals surface area contributed by atoms with Gasteiger partial charge in [0.25, 0.3) is 0 Å². The Morgan fingerprint density at radius 1 is 1.00 bits per heavy atom. The highest BCUT2D eigenvalue weighted by molar-refractivity contribution is 7.89. The zero-order valence-electron chi connectivity index (χ0n) is 16.1. The third kappa shape index (κ3) is 4.26. The fourth-order valence-electron chi connectivity index (χ4n) is 3.45. The first-order valence-electron chi connectivity index (χ1n) is 9.18. The topological polar surface area (TPSA) is 90.6 Å². The molecule has 0 saturated heterocycles. The molecule has 3 aromatic carbocycles. The molecule has 0 aliphatic carbocycles. The van der Waals surface area contributed by atoms with Gasteiger partial charge < -0.3 is 9.15 Å². The number of benzene rings is 3. The van der Waals surface area contributed by atoms with Gasteiger partial charge in [-0.15, -0.1) is 0 Å². The van der Waals surface area contributed by atoms with E-state index in [4.69, 9.17) is 9.15 Å². The standard InChI is InChI=1S/C23H18O6S/c1-30(26,27)14-15-5-4-7-17(11-15)23(25)28-13-18-12-21(24)29-20-10-9-16-6-2-3-8-19(16)22(18)20/h2-12H,13-14H2,1H3. The predicted molar refractivity (Wildman–Crippen MR) is 114 cm³/mol. The number of hydrogen-bond acceptors (Lipinski definition) is 6. The van der Waals surface area contributed by atoms with Crippen LogP contribution in [0.3, 0.4) is 0 Å². The second kappa shape index (κ2) is 7.76. The molecule has 1 heterocycles. The van der Waals surface area contributed by atoms with E-state index >= 15 is 0 Å². The highest BCUT2D eigenvalue weighted by Crippen LogP contribution is 2.28. The summed E-state index contributed by atoms with van der Waals surface area (Å²) in [6, 6.07) is 18.9. The van der Waals surface area contributed by atoms with E-state index in [0.29, 0.717) is 22.1 Å². The molecule has 0 saturated carbocycles. The summed E-state index contributed by atoms with van der Waals surface area (Å²) < 4.78 is 33.8. The number of fused-ring (bicyclic) bond motifs is 3. The van der Waals surface area contributed by atoms with Crippen LogP contribution in [0.4, 0.5) is 0 Å². The molecule has 0 amide bonds. The van der Waals surface area contributed by atoms with Crippen molar-refractivity contribution >= 4 is 37.5 Å². The lowest BCUT2D eigenvalue weighted by atomic mass is 10.0. The molecule has 0 aliphatic heterocycles. The number of hydrogen-bond donors (Lipinski definition) is 0. The number of esters is 1. The maximum absolute atomic E-state index is 12.5. The first-order chi connectivity index (χ1) is 14.3. The van der Waals surface area contributed by atoms with Gasteiger partial charge in [-0.1, -0.05) is 42.5 Å². The third-order valence-corrected chi connectivity index (χ3v) is 5.52. The zero-order valence-corrected chi connectivity index (χ0v) is 16.9. The Kier molecular flexibility index (Phi) is 5.13. The lowest BCUT2D eigenvalue weighted by Gasteiger charge is -2.10. The van der Waals surface area contributed by atoms with Crippen molar-refractivity contribution in [1.29, 1.82) is 0 Å². The summed E-state index contributed by atoms with van der Waals surface area (Å²) in [5.74, 6) is -0.767.